The van der Waals surface area contributed by atoms with Crippen molar-refractivity contribution < 1.29 is 9.90 Å². The first kappa shape index (κ1) is 18.2. The van der Waals surface area contributed by atoms with Crippen molar-refractivity contribution in [2.75, 3.05) is 32.8 Å². The predicted octanol–water partition coefficient (Wildman–Crippen LogP) is 3.27. The van der Waals surface area contributed by atoms with Gasteiger partial charge >= 0.3 is 0 Å². The molecule has 1 N–H and O–H groups in total. The van der Waals surface area contributed by atoms with Gasteiger partial charge in [-0.1, -0.05) is 48.5 Å². The molecular formula is C23H28N2O2. The summed E-state index contributed by atoms with van der Waals surface area (Å²) in [5.74, 6) is 0.927. The molecule has 4 heteroatoms. The minimum atomic E-state index is 0.100. The number of carbonyl (C=O) groups excluding carboxylic acids is 1. The van der Waals surface area contributed by atoms with Crippen LogP contribution in [0.25, 0.3) is 11.1 Å². The molecule has 0 bridgehead atoms. The summed E-state index contributed by atoms with van der Waals surface area (Å²) in [5.41, 5.74) is 2.82. The smallest absolute Gasteiger partial charge is 0.254 e. The highest BCUT2D eigenvalue weighted by atomic mass is 16.3. The van der Waals surface area contributed by atoms with Gasteiger partial charge in [-0.3, -0.25) is 9.69 Å². The minimum Gasteiger partial charge on any atom is -0.396 e. The van der Waals surface area contributed by atoms with E-state index in [1.807, 2.05) is 59.5 Å². The number of carbonyl (C=O) groups is 1. The van der Waals surface area contributed by atoms with E-state index < -0.39 is 0 Å². The van der Waals surface area contributed by atoms with Crippen LogP contribution in [0.2, 0.25) is 0 Å². The van der Waals surface area contributed by atoms with E-state index in [1.165, 1.54) is 12.8 Å². The van der Waals surface area contributed by atoms with Gasteiger partial charge in [0.1, 0.15) is 0 Å². The first-order valence-corrected chi connectivity index (χ1v) is 10.0. The Morgan fingerprint density at radius 1 is 1.00 bits per heavy atom. The van der Waals surface area contributed by atoms with E-state index in [4.69, 9.17) is 0 Å². The Morgan fingerprint density at radius 3 is 2.48 bits per heavy atom. The van der Waals surface area contributed by atoms with Gasteiger partial charge in [-0.05, 0) is 42.4 Å². The number of aliphatic hydroxyl groups is 1. The van der Waals surface area contributed by atoms with Crippen LogP contribution < -0.4 is 0 Å². The first-order chi connectivity index (χ1) is 13.3. The molecule has 1 saturated carbocycles. The average Bonchev–Trinajstić information content (AvgIpc) is 3.54. The molecule has 4 nitrogen and oxygen atoms in total. The fourth-order valence-electron chi connectivity index (χ4n) is 4.08. The van der Waals surface area contributed by atoms with Crippen LogP contribution in [0.15, 0.2) is 54.6 Å². The fourth-order valence-corrected chi connectivity index (χ4v) is 4.08. The molecule has 27 heavy (non-hydrogen) atoms. The van der Waals surface area contributed by atoms with Crippen LogP contribution in [-0.4, -0.2) is 59.6 Å². The summed E-state index contributed by atoms with van der Waals surface area (Å²) in [6.45, 7) is 3.66. The molecular weight excluding hydrogens is 336 g/mol. The van der Waals surface area contributed by atoms with Crippen molar-refractivity contribution in [1.82, 2.24) is 9.80 Å². The molecule has 2 aromatic rings. The van der Waals surface area contributed by atoms with Crippen molar-refractivity contribution in [3.8, 4) is 11.1 Å². The van der Waals surface area contributed by atoms with E-state index in [-0.39, 0.29) is 18.6 Å². The Labute approximate surface area is 161 Å². The van der Waals surface area contributed by atoms with Crippen molar-refractivity contribution in [2.45, 2.75) is 25.3 Å². The first-order valence-electron chi connectivity index (χ1n) is 10.0. The zero-order valence-corrected chi connectivity index (χ0v) is 15.8. The van der Waals surface area contributed by atoms with E-state index in [0.29, 0.717) is 6.54 Å². The van der Waals surface area contributed by atoms with Crippen LogP contribution in [0.1, 0.15) is 29.6 Å². The summed E-state index contributed by atoms with van der Waals surface area (Å²) >= 11 is 0. The normalized spacial score (nSPS) is 20.6. The highest BCUT2D eigenvalue weighted by Crippen LogP contribution is 2.32. The molecule has 4 rings (SSSR count). The number of hydrogen-bond donors (Lipinski definition) is 1. The summed E-state index contributed by atoms with van der Waals surface area (Å²) < 4.78 is 0. The van der Waals surface area contributed by atoms with Crippen LogP contribution in [0, 0.1) is 5.92 Å². The zero-order chi connectivity index (χ0) is 18.6. The standard InChI is InChI=1S/C23H28N2O2/c26-15-12-20-17-25(14-13-24(20)16-18-10-11-18)23(27)22-9-5-4-8-21(22)19-6-2-1-3-7-19/h1-9,18,20,26H,10-17H2/t20-/m1/s1. The third-order valence-electron chi connectivity index (χ3n) is 5.79. The maximum atomic E-state index is 13.3. The predicted molar refractivity (Wildman–Crippen MR) is 108 cm³/mol. The fraction of sp³-hybridized carbons (Fsp3) is 0.435. The Bertz CT molecular complexity index is 773. The van der Waals surface area contributed by atoms with E-state index in [9.17, 15) is 9.90 Å². The molecule has 0 aromatic heterocycles. The van der Waals surface area contributed by atoms with Gasteiger partial charge in [0, 0.05) is 44.4 Å². The topological polar surface area (TPSA) is 43.8 Å². The van der Waals surface area contributed by atoms with Gasteiger partial charge in [-0.15, -0.1) is 0 Å². The summed E-state index contributed by atoms with van der Waals surface area (Å²) in [6, 6.07) is 18.2. The number of rotatable bonds is 6. The van der Waals surface area contributed by atoms with Gasteiger partial charge in [0.25, 0.3) is 5.91 Å². The number of aliphatic hydroxyl groups excluding tert-OH is 1. The van der Waals surface area contributed by atoms with Crippen LogP contribution in [-0.2, 0) is 0 Å². The Kier molecular flexibility index (Phi) is 5.55. The van der Waals surface area contributed by atoms with Crippen molar-refractivity contribution in [3.05, 3.63) is 60.2 Å². The number of nitrogens with zero attached hydrogens (tertiary/aromatic N) is 2. The summed E-state index contributed by atoms with van der Waals surface area (Å²) in [4.78, 5) is 17.8. The molecule has 142 valence electrons. The molecule has 2 aromatic carbocycles. The third-order valence-corrected chi connectivity index (χ3v) is 5.79. The second-order valence-electron chi connectivity index (χ2n) is 7.77. The largest absolute Gasteiger partial charge is 0.396 e. The van der Waals surface area contributed by atoms with Crippen LogP contribution in [0.5, 0.6) is 0 Å². The molecule has 1 aliphatic carbocycles. The number of piperazine rings is 1. The maximum absolute atomic E-state index is 13.3. The van der Waals surface area contributed by atoms with Crippen molar-refractivity contribution in [1.29, 1.82) is 0 Å². The lowest BCUT2D eigenvalue weighted by molar-refractivity contribution is 0.0407. The summed E-state index contributed by atoms with van der Waals surface area (Å²) in [6.07, 6.45) is 3.39. The third kappa shape index (κ3) is 4.23. The van der Waals surface area contributed by atoms with E-state index >= 15 is 0 Å². The zero-order valence-electron chi connectivity index (χ0n) is 15.8. The van der Waals surface area contributed by atoms with Crippen molar-refractivity contribution >= 4 is 5.91 Å². The molecule has 2 fully saturated rings. The van der Waals surface area contributed by atoms with Gasteiger partial charge in [0.15, 0.2) is 0 Å². The Balaban J connectivity index is 1.53. The average molecular weight is 364 g/mol. The summed E-state index contributed by atoms with van der Waals surface area (Å²) in [5, 5.41) is 9.49. The molecule has 1 heterocycles. The lowest BCUT2D eigenvalue weighted by Crippen LogP contribution is -2.55. The van der Waals surface area contributed by atoms with Crippen molar-refractivity contribution in [3.63, 3.8) is 0 Å². The van der Waals surface area contributed by atoms with Gasteiger partial charge in [-0.2, -0.15) is 0 Å². The monoisotopic (exact) mass is 364 g/mol. The van der Waals surface area contributed by atoms with Crippen LogP contribution in [0.3, 0.4) is 0 Å². The second-order valence-corrected chi connectivity index (χ2v) is 7.77. The van der Waals surface area contributed by atoms with Gasteiger partial charge in [0.2, 0.25) is 0 Å². The second kappa shape index (κ2) is 8.24. The molecule has 0 unspecified atom stereocenters. The van der Waals surface area contributed by atoms with E-state index in [2.05, 4.69) is 4.90 Å². The Morgan fingerprint density at radius 2 is 1.74 bits per heavy atom. The molecule has 0 spiro atoms. The van der Waals surface area contributed by atoms with Gasteiger partial charge < -0.3 is 10.0 Å². The summed E-state index contributed by atoms with van der Waals surface area (Å²) in [7, 11) is 0. The van der Waals surface area contributed by atoms with E-state index in [1.54, 1.807) is 0 Å². The van der Waals surface area contributed by atoms with Crippen molar-refractivity contribution in [2.24, 2.45) is 5.92 Å². The Hall–Kier alpha value is -2.17. The minimum absolute atomic E-state index is 0.100. The SMILES string of the molecule is O=C(c1ccccc1-c1ccccc1)N1CCN(CC2CC2)[C@H](CCO)C1. The molecule has 1 atom stereocenters. The van der Waals surface area contributed by atoms with Crippen LogP contribution in [0.4, 0.5) is 0 Å². The van der Waals surface area contributed by atoms with E-state index in [0.717, 1.165) is 48.7 Å². The number of hydrogen-bond acceptors (Lipinski definition) is 3. The quantitative estimate of drug-likeness (QED) is 0.856. The lowest BCUT2D eigenvalue weighted by Gasteiger charge is -2.41. The highest BCUT2D eigenvalue weighted by Gasteiger charge is 2.33. The van der Waals surface area contributed by atoms with Crippen LogP contribution >= 0.6 is 0 Å². The highest BCUT2D eigenvalue weighted by molar-refractivity contribution is 6.01. The van der Waals surface area contributed by atoms with Gasteiger partial charge in [-0.25, -0.2) is 0 Å². The molecule has 1 amide bonds. The lowest BCUT2D eigenvalue weighted by atomic mass is 9.98. The number of amides is 1. The van der Waals surface area contributed by atoms with Gasteiger partial charge in [0.05, 0.1) is 0 Å². The maximum Gasteiger partial charge on any atom is 0.254 e. The molecule has 2 aliphatic rings. The number of benzene rings is 2. The molecule has 0 radical (unpaired) electrons. The molecule has 1 aliphatic heterocycles. The molecule has 1 saturated heterocycles.